The Kier molecular flexibility index (Phi) is 7.01. The largest absolute Gasteiger partial charge is 0.465 e. The number of carbonyl (C=O) groups is 2. The monoisotopic (exact) mass is 442 g/mol. The number of ether oxygens (including phenoxy) is 1. The van der Waals surface area contributed by atoms with Crippen LogP contribution in [-0.2, 0) is 16.1 Å². The molecule has 0 unspecified atom stereocenters. The Morgan fingerprint density at radius 2 is 2.25 bits per heavy atom. The van der Waals surface area contributed by atoms with Crippen molar-refractivity contribution in [1.82, 2.24) is 30.3 Å². The molecule has 3 heterocycles. The van der Waals surface area contributed by atoms with Crippen molar-refractivity contribution in [1.29, 1.82) is 0 Å². The molecule has 0 spiro atoms. The maximum Gasteiger partial charge on any atom is 0.404 e. The highest BCUT2D eigenvalue weighted by Gasteiger charge is 2.40. The lowest BCUT2D eigenvalue weighted by Gasteiger charge is -2.33. The number of amides is 2. The van der Waals surface area contributed by atoms with Gasteiger partial charge in [-0.2, -0.15) is 5.10 Å². The molecule has 4 rings (SSSR count). The molecule has 1 saturated heterocycles. The number of morpholine rings is 1. The van der Waals surface area contributed by atoms with Crippen LogP contribution in [0, 0.1) is 0 Å². The minimum Gasteiger partial charge on any atom is -0.465 e. The molecule has 2 fully saturated rings. The van der Waals surface area contributed by atoms with Crippen LogP contribution < -0.4 is 10.6 Å². The zero-order valence-corrected chi connectivity index (χ0v) is 18.2. The van der Waals surface area contributed by atoms with E-state index in [1.807, 2.05) is 40.8 Å². The highest BCUT2D eigenvalue weighted by molar-refractivity contribution is 5.82. The van der Waals surface area contributed by atoms with Gasteiger partial charge in [0.15, 0.2) is 0 Å². The minimum atomic E-state index is -1.04. The first-order valence-electron chi connectivity index (χ1n) is 11.1. The Balaban J connectivity index is 1.56. The van der Waals surface area contributed by atoms with Crippen LogP contribution >= 0.6 is 0 Å². The fraction of sp³-hybridized carbons (Fsp3) is 0.545. The molecule has 1 aliphatic carbocycles. The van der Waals surface area contributed by atoms with Crippen molar-refractivity contribution >= 4 is 12.0 Å². The van der Waals surface area contributed by atoms with Crippen LogP contribution in [0.3, 0.4) is 0 Å². The van der Waals surface area contributed by atoms with E-state index in [0.29, 0.717) is 32.7 Å². The van der Waals surface area contributed by atoms with Crippen LogP contribution in [0.25, 0.3) is 11.4 Å². The van der Waals surface area contributed by atoms with E-state index < -0.39 is 12.2 Å². The number of pyridine rings is 1. The van der Waals surface area contributed by atoms with E-state index in [0.717, 1.165) is 36.5 Å². The first-order valence-corrected chi connectivity index (χ1v) is 11.1. The number of nitrogens with one attached hydrogen (secondary N) is 2. The van der Waals surface area contributed by atoms with Crippen LogP contribution in [0.2, 0.25) is 0 Å². The predicted molar refractivity (Wildman–Crippen MR) is 117 cm³/mol. The van der Waals surface area contributed by atoms with Gasteiger partial charge in [-0.25, -0.2) is 4.79 Å². The molecule has 32 heavy (non-hydrogen) atoms. The number of carbonyl (C=O) groups excluding carboxylic acids is 1. The summed E-state index contributed by atoms with van der Waals surface area (Å²) in [6, 6.07) is 7.69. The Morgan fingerprint density at radius 1 is 1.41 bits per heavy atom. The Morgan fingerprint density at radius 3 is 2.91 bits per heavy atom. The number of aryl methyl sites for hydroxylation is 1. The second kappa shape index (κ2) is 10.1. The van der Waals surface area contributed by atoms with E-state index in [1.54, 1.807) is 6.20 Å². The summed E-state index contributed by atoms with van der Waals surface area (Å²) in [6.07, 6.45) is 2.80. The number of hydrogen-bond acceptors (Lipinski definition) is 6. The van der Waals surface area contributed by atoms with Gasteiger partial charge in [-0.05, 0) is 44.4 Å². The molecule has 2 aliphatic rings. The standard InChI is InChI=1S/C22H30N6O4/c1-15(28(16-6-7-16)21(29)20-14-23-10-12-32-20)18-13-19(17-5-2-3-8-24-17)27(26-18)11-4-9-25-22(30)31/h2-3,5,8,13,15-16,20,23,25H,4,6-7,9-12,14H2,1H3,(H,30,31)/t15-,20-/m1/s1. The first-order chi connectivity index (χ1) is 15.5. The summed E-state index contributed by atoms with van der Waals surface area (Å²) in [6.45, 7) is 4.70. The molecule has 1 aliphatic heterocycles. The number of aromatic nitrogens is 3. The third-order valence-electron chi connectivity index (χ3n) is 5.79. The van der Waals surface area contributed by atoms with Crippen molar-refractivity contribution in [2.75, 3.05) is 26.2 Å². The van der Waals surface area contributed by atoms with Crippen molar-refractivity contribution in [3.8, 4) is 11.4 Å². The molecule has 10 nitrogen and oxygen atoms in total. The summed E-state index contributed by atoms with van der Waals surface area (Å²) in [5.41, 5.74) is 2.43. The first kappa shape index (κ1) is 22.2. The SMILES string of the molecule is C[C@H](c1cc(-c2ccccn2)n(CCCNC(=O)O)n1)N(C(=O)[C@H]1CNCCO1)C1CC1. The molecule has 1 saturated carbocycles. The fourth-order valence-corrected chi connectivity index (χ4v) is 4.03. The maximum absolute atomic E-state index is 13.3. The van der Waals surface area contributed by atoms with E-state index in [2.05, 4.69) is 15.6 Å². The Hall–Kier alpha value is -2.98. The molecule has 2 atom stereocenters. The van der Waals surface area contributed by atoms with Gasteiger partial charge in [0.1, 0.15) is 6.10 Å². The summed E-state index contributed by atoms with van der Waals surface area (Å²) < 4.78 is 7.58. The number of nitrogens with zero attached hydrogens (tertiary/aromatic N) is 4. The van der Waals surface area contributed by atoms with E-state index in [9.17, 15) is 9.59 Å². The third-order valence-corrected chi connectivity index (χ3v) is 5.79. The van der Waals surface area contributed by atoms with E-state index in [-0.39, 0.29) is 18.0 Å². The zero-order chi connectivity index (χ0) is 22.5. The third kappa shape index (κ3) is 5.25. The molecule has 0 radical (unpaired) electrons. The fourth-order valence-electron chi connectivity index (χ4n) is 4.03. The van der Waals surface area contributed by atoms with E-state index in [1.165, 1.54) is 0 Å². The number of carboxylic acid groups (broad SMARTS) is 1. The average Bonchev–Trinajstić information content (AvgIpc) is 3.55. The summed E-state index contributed by atoms with van der Waals surface area (Å²) in [5.74, 6) is 0.00629. The van der Waals surface area contributed by atoms with Gasteiger partial charge in [0.2, 0.25) is 0 Å². The van der Waals surface area contributed by atoms with Crippen molar-refractivity contribution in [2.24, 2.45) is 0 Å². The van der Waals surface area contributed by atoms with Crippen LogP contribution in [-0.4, -0.2) is 75.2 Å². The Bertz CT molecular complexity index is 924. The molecule has 0 aromatic carbocycles. The van der Waals surface area contributed by atoms with Crippen LogP contribution in [0.15, 0.2) is 30.5 Å². The normalized spacial score (nSPS) is 19.3. The molecule has 10 heteroatoms. The van der Waals surface area contributed by atoms with Gasteiger partial charge in [0, 0.05) is 38.4 Å². The summed E-state index contributed by atoms with van der Waals surface area (Å²) in [7, 11) is 0. The average molecular weight is 443 g/mol. The predicted octanol–water partition coefficient (Wildman–Crippen LogP) is 1.64. The molecule has 2 aromatic heterocycles. The van der Waals surface area contributed by atoms with Crippen LogP contribution in [0.5, 0.6) is 0 Å². The summed E-state index contributed by atoms with van der Waals surface area (Å²) in [5, 5.41) is 19.2. The maximum atomic E-state index is 13.3. The van der Waals surface area contributed by atoms with E-state index >= 15 is 0 Å². The highest BCUT2D eigenvalue weighted by atomic mass is 16.5. The van der Waals surface area contributed by atoms with Crippen molar-refractivity contribution < 1.29 is 19.4 Å². The molecule has 0 bridgehead atoms. The Labute approximate surface area is 187 Å². The highest BCUT2D eigenvalue weighted by Crippen LogP contribution is 2.36. The van der Waals surface area contributed by atoms with Gasteiger partial charge in [0.05, 0.1) is 29.7 Å². The minimum absolute atomic E-state index is 0.00629. The van der Waals surface area contributed by atoms with Crippen molar-refractivity contribution in [2.45, 2.75) is 50.9 Å². The van der Waals surface area contributed by atoms with Crippen molar-refractivity contribution in [3.05, 3.63) is 36.2 Å². The molecule has 2 aromatic rings. The molecule has 3 N–H and O–H groups in total. The summed E-state index contributed by atoms with van der Waals surface area (Å²) in [4.78, 5) is 30.4. The molecular weight excluding hydrogens is 412 g/mol. The van der Waals surface area contributed by atoms with Gasteiger partial charge in [0.25, 0.3) is 5.91 Å². The lowest BCUT2D eigenvalue weighted by atomic mass is 10.1. The van der Waals surface area contributed by atoms with Gasteiger partial charge in [-0.3, -0.25) is 14.5 Å². The second-order valence-electron chi connectivity index (χ2n) is 8.19. The van der Waals surface area contributed by atoms with Crippen LogP contribution in [0.4, 0.5) is 4.79 Å². The smallest absolute Gasteiger partial charge is 0.404 e. The molecule has 172 valence electrons. The van der Waals surface area contributed by atoms with Gasteiger partial charge < -0.3 is 25.4 Å². The van der Waals surface area contributed by atoms with Gasteiger partial charge in [-0.1, -0.05) is 6.07 Å². The quantitative estimate of drug-likeness (QED) is 0.505. The topological polar surface area (TPSA) is 122 Å². The molecule has 2 amide bonds. The zero-order valence-electron chi connectivity index (χ0n) is 18.2. The van der Waals surface area contributed by atoms with Crippen molar-refractivity contribution in [3.63, 3.8) is 0 Å². The summed E-state index contributed by atoms with van der Waals surface area (Å²) >= 11 is 0. The lowest BCUT2D eigenvalue weighted by molar-refractivity contribution is -0.148. The number of rotatable bonds is 9. The van der Waals surface area contributed by atoms with Gasteiger partial charge in [-0.15, -0.1) is 0 Å². The van der Waals surface area contributed by atoms with Crippen LogP contribution in [0.1, 0.15) is 37.9 Å². The van der Waals surface area contributed by atoms with Gasteiger partial charge >= 0.3 is 6.09 Å². The second-order valence-corrected chi connectivity index (χ2v) is 8.19. The van der Waals surface area contributed by atoms with E-state index in [4.69, 9.17) is 14.9 Å². The molecular formula is C22H30N6O4. The lowest BCUT2D eigenvalue weighted by Crippen LogP contribution is -2.50. The number of hydrogen-bond donors (Lipinski definition) is 3.